The lowest BCUT2D eigenvalue weighted by Gasteiger charge is -2.13. The van der Waals surface area contributed by atoms with Crippen molar-refractivity contribution in [2.45, 2.75) is 38.6 Å². The van der Waals surface area contributed by atoms with Crippen LogP contribution in [0.25, 0.3) is 10.8 Å². The van der Waals surface area contributed by atoms with Gasteiger partial charge in [-0.1, -0.05) is 66.7 Å². The Kier molecular flexibility index (Phi) is 6.67. The van der Waals surface area contributed by atoms with Crippen molar-refractivity contribution >= 4 is 26.7 Å². The Morgan fingerprint density at radius 3 is 2.24 bits per heavy atom. The number of nitrogens with one attached hydrogen (secondary N) is 2. The average molecular weight is 411 g/mol. The largest absolute Gasteiger partial charge is 0.352 e. The molecule has 0 fully saturated rings. The summed E-state index contributed by atoms with van der Waals surface area (Å²) in [7, 11) is -3.43. The van der Waals surface area contributed by atoms with E-state index in [0.717, 1.165) is 21.9 Å². The van der Waals surface area contributed by atoms with E-state index in [1.807, 2.05) is 60.7 Å². The summed E-state index contributed by atoms with van der Waals surface area (Å²) >= 11 is 0. The van der Waals surface area contributed by atoms with Crippen LogP contribution < -0.4 is 10.0 Å². The fraction of sp³-hybridized carbons (Fsp3) is 0.261. The van der Waals surface area contributed by atoms with Gasteiger partial charge in [0.1, 0.15) is 0 Å². The van der Waals surface area contributed by atoms with Gasteiger partial charge in [0.25, 0.3) is 0 Å². The maximum absolute atomic E-state index is 12.5. The first-order chi connectivity index (χ1) is 13.8. The molecule has 1 amide bonds. The molecule has 0 heterocycles. The zero-order valence-corrected chi connectivity index (χ0v) is 17.5. The first kappa shape index (κ1) is 21.0. The molecular formula is C23H26N2O3S. The average Bonchev–Trinajstić information content (AvgIpc) is 2.66. The van der Waals surface area contributed by atoms with Gasteiger partial charge in [0, 0.05) is 12.6 Å². The van der Waals surface area contributed by atoms with Crippen LogP contribution in [0.3, 0.4) is 0 Å². The molecule has 5 nitrogen and oxygen atoms in total. The minimum atomic E-state index is -3.43. The molecule has 0 bridgehead atoms. The summed E-state index contributed by atoms with van der Waals surface area (Å²) in [5.41, 5.74) is 2.46. The third-order valence-electron chi connectivity index (χ3n) is 4.59. The normalized spacial score (nSPS) is 11.7. The van der Waals surface area contributed by atoms with Crippen molar-refractivity contribution in [3.63, 3.8) is 0 Å². The summed E-state index contributed by atoms with van der Waals surface area (Å²) in [6.07, 6.45) is 0.275. The van der Waals surface area contributed by atoms with Crippen LogP contribution >= 0.6 is 0 Å². The maximum Gasteiger partial charge on any atom is 0.224 e. The molecule has 0 saturated carbocycles. The molecule has 3 aromatic carbocycles. The highest BCUT2D eigenvalue weighted by Gasteiger charge is 2.16. The number of benzene rings is 3. The van der Waals surface area contributed by atoms with E-state index in [4.69, 9.17) is 0 Å². The predicted octanol–water partition coefficient (Wildman–Crippen LogP) is 3.53. The van der Waals surface area contributed by atoms with Gasteiger partial charge in [-0.25, -0.2) is 13.1 Å². The summed E-state index contributed by atoms with van der Waals surface area (Å²) in [5.74, 6) is -0.208. The summed E-state index contributed by atoms with van der Waals surface area (Å²) < 4.78 is 27.1. The lowest BCUT2D eigenvalue weighted by molar-refractivity contribution is -0.120. The van der Waals surface area contributed by atoms with Crippen molar-refractivity contribution < 1.29 is 13.2 Å². The van der Waals surface area contributed by atoms with Gasteiger partial charge in [-0.05, 0) is 41.3 Å². The number of carbonyl (C=O) groups is 1. The Morgan fingerprint density at radius 1 is 0.862 bits per heavy atom. The number of rotatable bonds is 8. The quantitative estimate of drug-likeness (QED) is 0.597. The molecule has 6 heteroatoms. The second-order valence-corrected chi connectivity index (χ2v) is 9.15. The molecule has 0 aromatic heterocycles. The predicted molar refractivity (Wildman–Crippen MR) is 117 cm³/mol. The standard InChI is InChI=1S/C23H26N2O3S/c1-17(2)25-29(27,28)16-21-10-4-3-9-20(21)15-24-23(26)14-19-12-7-11-18-8-5-6-13-22(18)19/h3-13,17,25H,14-16H2,1-2H3,(H,24,26). The number of fused-ring (bicyclic) bond motifs is 1. The highest BCUT2D eigenvalue weighted by Crippen LogP contribution is 2.19. The molecule has 0 aliphatic heterocycles. The van der Waals surface area contributed by atoms with Crippen molar-refractivity contribution in [1.29, 1.82) is 0 Å². The molecular weight excluding hydrogens is 384 g/mol. The summed E-state index contributed by atoms with van der Waals surface area (Å²) in [4.78, 5) is 12.5. The lowest BCUT2D eigenvalue weighted by atomic mass is 10.0. The topological polar surface area (TPSA) is 75.3 Å². The Morgan fingerprint density at radius 2 is 1.48 bits per heavy atom. The van der Waals surface area contributed by atoms with Gasteiger partial charge in [-0.3, -0.25) is 4.79 Å². The Bertz CT molecular complexity index is 1100. The van der Waals surface area contributed by atoms with Crippen LogP contribution in [0.4, 0.5) is 0 Å². The molecule has 0 spiro atoms. The van der Waals surface area contributed by atoms with Crippen molar-refractivity contribution in [3.05, 3.63) is 83.4 Å². The fourth-order valence-corrected chi connectivity index (χ4v) is 4.84. The van der Waals surface area contributed by atoms with E-state index in [2.05, 4.69) is 10.0 Å². The minimum absolute atomic E-state index is 0.0979. The monoisotopic (exact) mass is 410 g/mol. The van der Waals surface area contributed by atoms with Crippen molar-refractivity contribution in [3.8, 4) is 0 Å². The zero-order valence-electron chi connectivity index (χ0n) is 16.7. The molecule has 0 radical (unpaired) electrons. The molecule has 0 saturated heterocycles. The SMILES string of the molecule is CC(C)NS(=O)(=O)Cc1ccccc1CNC(=O)Cc1cccc2ccccc12. The molecule has 152 valence electrons. The Labute approximate surface area is 172 Å². The van der Waals surface area contributed by atoms with E-state index in [1.165, 1.54) is 0 Å². The third-order valence-corrected chi connectivity index (χ3v) is 6.11. The van der Waals surface area contributed by atoms with Crippen LogP contribution in [0, 0.1) is 0 Å². The van der Waals surface area contributed by atoms with Crippen molar-refractivity contribution in [2.75, 3.05) is 0 Å². The Hall–Kier alpha value is -2.70. The summed E-state index contributed by atoms with van der Waals surface area (Å²) in [6, 6.07) is 21.0. The minimum Gasteiger partial charge on any atom is -0.352 e. The number of carbonyl (C=O) groups excluding carboxylic acids is 1. The maximum atomic E-state index is 12.5. The molecule has 29 heavy (non-hydrogen) atoms. The number of amides is 1. The Balaban J connectivity index is 1.68. The smallest absolute Gasteiger partial charge is 0.224 e. The van der Waals surface area contributed by atoms with E-state index in [-0.39, 0.29) is 30.7 Å². The highest BCUT2D eigenvalue weighted by molar-refractivity contribution is 7.88. The van der Waals surface area contributed by atoms with Crippen LogP contribution in [0.15, 0.2) is 66.7 Å². The molecule has 2 N–H and O–H groups in total. The van der Waals surface area contributed by atoms with Gasteiger partial charge in [0.05, 0.1) is 12.2 Å². The van der Waals surface area contributed by atoms with Gasteiger partial charge in [0.2, 0.25) is 15.9 Å². The number of sulfonamides is 1. The van der Waals surface area contributed by atoms with Gasteiger partial charge >= 0.3 is 0 Å². The van der Waals surface area contributed by atoms with Crippen LogP contribution in [0.5, 0.6) is 0 Å². The molecule has 0 unspecified atom stereocenters. The highest BCUT2D eigenvalue weighted by atomic mass is 32.2. The van der Waals surface area contributed by atoms with Crippen LogP contribution in [-0.4, -0.2) is 20.4 Å². The van der Waals surface area contributed by atoms with E-state index < -0.39 is 10.0 Å². The van der Waals surface area contributed by atoms with Gasteiger partial charge < -0.3 is 5.32 Å². The van der Waals surface area contributed by atoms with E-state index in [9.17, 15) is 13.2 Å². The molecule has 0 aliphatic carbocycles. The summed E-state index contributed by atoms with van der Waals surface area (Å²) in [6.45, 7) is 3.87. The summed E-state index contributed by atoms with van der Waals surface area (Å²) in [5, 5.41) is 5.09. The second-order valence-electron chi connectivity index (χ2n) is 7.39. The van der Waals surface area contributed by atoms with Gasteiger partial charge in [-0.2, -0.15) is 0 Å². The van der Waals surface area contributed by atoms with Crippen molar-refractivity contribution in [1.82, 2.24) is 10.0 Å². The van der Waals surface area contributed by atoms with Crippen LogP contribution in [0.2, 0.25) is 0 Å². The number of hydrogen-bond acceptors (Lipinski definition) is 3. The van der Waals surface area contributed by atoms with Gasteiger partial charge in [-0.15, -0.1) is 0 Å². The lowest BCUT2D eigenvalue weighted by Crippen LogP contribution is -2.32. The van der Waals surface area contributed by atoms with Crippen LogP contribution in [-0.2, 0) is 33.5 Å². The van der Waals surface area contributed by atoms with Crippen LogP contribution in [0.1, 0.15) is 30.5 Å². The zero-order chi connectivity index (χ0) is 20.9. The molecule has 3 aromatic rings. The molecule has 3 rings (SSSR count). The molecule has 0 aliphatic rings. The molecule has 0 atom stereocenters. The first-order valence-corrected chi connectivity index (χ1v) is 11.3. The van der Waals surface area contributed by atoms with Crippen molar-refractivity contribution in [2.24, 2.45) is 0 Å². The van der Waals surface area contributed by atoms with E-state index >= 15 is 0 Å². The van der Waals surface area contributed by atoms with E-state index in [0.29, 0.717) is 5.56 Å². The fourth-order valence-electron chi connectivity index (χ4n) is 3.35. The van der Waals surface area contributed by atoms with Gasteiger partial charge in [0.15, 0.2) is 0 Å². The second kappa shape index (κ2) is 9.20. The van der Waals surface area contributed by atoms with E-state index in [1.54, 1.807) is 19.9 Å². The third kappa shape index (κ3) is 5.89. The first-order valence-electron chi connectivity index (χ1n) is 9.64. The number of hydrogen-bond donors (Lipinski definition) is 2.